The predicted molar refractivity (Wildman–Crippen MR) is 76.5 cm³/mol. The number of nitrogen functional groups attached to an aromatic ring is 1. The lowest BCUT2D eigenvalue weighted by Gasteiger charge is -2.32. The maximum atomic E-state index is 12.7. The normalized spacial score (nSPS) is 18.6. The van der Waals surface area contributed by atoms with Gasteiger partial charge in [0.15, 0.2) is 0 Å². The zero-order valence-corrected chi connectivity index (χ0v) is 12.3. The third-order valence-electron chi connectivity index (χ3n) is 3.55. The first-order valence-electron chi connectivity index (χ1n) is 6.52. The van der Waals surface area contributed by atoms with Crippen molar-refractivity contribution in [2.24, 2.45) is 0 Å². The molecule has 0 saturated carbocycles. The van der Waals surface area contributed by atoms with E-state index < -0.39 is 10.0 Å². The van der Waals surface area contributed by atoms with Gasteiger partial charge in [-0.1, -0.05) is 13.0 Å². The van der Waals surface area contributed by atoms with E-state index in [0.717, 1.165) is 18.7 Å². The Labute approximate surface area is 115 Å². The van der Waals surface area contributed by atoms with Crippen molar-refractivity contribution in [3.63, 3.8) is 0 Å². The molecule has 0 spiro atoms. The number of piperazine rings is 1. The van der Waals surface area contributed by atoms with Crippen molar-refractivity contribution in [2.45, 2.75) is 18.2 Å². The highest BCUT2D eigenvalue weighted by Gasteiger charge is 2.29. The molecule has 1 aliphatic rings. The number of sulfonamides is 1. The number of aryl methyl sites for hydroxylation is 1. The second-order valence-electron chi connectivity index (χ2n) is 4.93. The Morgan fingerprint density at radius 1 is 1.21 bits per heavy atom. The van der Waals surface area contributed by atoms with Gasteiger partial charge in [-0.2, -0.15) is 4.31 Å². The number of benzene rings is 1. The fraction of sp³-hybridized carbons (Fsp3) is 0.538. The van der Waals surface area contributed by atoms with Gasteiger partial charge >= 0.3 is 0 Å². The molecular weight excluding hydrogens is 262 g/mol. The van der Waals surface area contributed by atoms with Crippen molar-refractivity contribution in [2.75, 3.05) is 39.0 Å². The number of hydrogen-bond donors (Lipinski definition) is 1. The molecule has 1 aromatic carbocycles. The molecule has 1 heterocycles. The van der Waals surface area contributed by atoms with Crippen molar-refractivity contribution in [1.82, 2.24) is 9.21 Å². The van der Waals surface area contributed by atoms with Crippen LogP contribution in [-0.2, 0) is 16.4 Å². The molecule has 106 valence electrons. The molecular formula is C13H21N3O2S. The van der Waals surface area contributed by atoms with Gasteiger partial charge in [0.25, 0.3) is 0 Å². The number of anilines is 1. The molecule has 0 unspecified atom stereocenters. The van der Waals surface area contributed by atoms with Crippen molar-refractivity contribution in [3.05, 3.63) is 23.8 Å². The van der Waals surface area contributed by atoms with Crippen LogP contribution in [0.3, 0.4) is 0 Å². The van der Waals surface area contributed by atoms with Crippen LogP contribution in [0.5, 0.6) is 0 Å². The molecule has 6 heteroatoms. The van der Waals surface area contributed by atoms with E-state index in [4.69, 9.17) is 5.73 Å². The van der Waals surface area contributed by atoms with Gasteiger partial charge < -0.3 is 10.6 Å². The summed E-state index contributed by atoms with van der Waals surface area (Å²) >= 11 is 0. The van der Waals surface area contributed by atoms with Crippen LogP contribution in [0.4, 0.5) is 5.69 Å². The SMILES string of the molecule is CCc1ccc(N)cc1S(=O)(=O)N1CCN(C)CC1. The lowest BCUT2D eigenvalue weighted by atomic mass is 10.1. The second-order valence-corrected chi connectivity index (χ2v) is 6.83. The molecule has 1 saturated heterocycles. The van der Waals surface area contributed by atoms with E-state index in [1.165, 1.54) is 0 Å². The molecule has 0 atom stereocenters. The molecule has 1 aliphatic heterocycles. The highest BCUT2D eigenvalue weighted by molar-refractivity contribution is 7.89. The third-order valence-corrected chi connectivity index (χ3v) is 5.53. The summed E-state index contributed by atoms with van der Waals surface area (Å²) in [6, 6.07) is 5.13. The number of nitrogens with two attached hydrogens (primary N) is 1. The molecule has 0 amide bonds. The van der Waals surface area contributed by atoms with Crippen LogP contribution >= 0.6 is 0 Å². The molecule has 1 aromatic rings. The summed E-state index contributed by atoms with van der Waals surface area (Å²) in [6.45, 7) is 4.56. The van der Waals surface area contributed by atoms with Crippen LogP contribution in [0, 0.1) is 0 Å². The van der Waals surface area contributed by atoms with Crippen LogP contribution in [-0.4, -0.2) is 50.8 Å². The van der Waals surface area contributed by atoms with Gasteiger partial charge in [-0.3, -0.25) is 0 Å². The number of rotatable bonds is 3. The van der Waals surface area contributed by atoms with Crippen LogP contribution in [0.1, 0.15) is 12.5 Å². The average Bonchev–Trinajstić information content (AvgIpc) is 2.39. The quantitative estimate of drug-likeness (QED) is 0.832. The number of likely N-dealkylation sites (N-methyl/N-ethyl adjacent to an activating group) is 1. The number of nitrogens with zero attached hydrogens (tertiary/aromatic N) is 2. The first-order valence-corrected chi connectivity index (χ1v) is 7.96. The Morgan fingerprint density at radius 3 is 2.42 bits per heavy atom. The Kier molecular flexibility index (Phi) is 4.13. The largest absolute Gasteiger partial charge is 0.399 e. The first kappa shape index (κ1) is 14.3. The topological polar surface area (TPSA) is 66.6 Å². The zero-order valence-electron chi connectivity index (χ0n) is 11.5. The van der Waals surface area contributed by atoms with E-state index >= 15 is 0 Å². The van der Waals surface area contributed by atoms with Gasteiger partial charge in [0.2, 0.25) is 10.0 Å². The van der Waals surface area contributed by atoms with E-state index in [1.807, 2.05) is 14.0 Å². The minimum Gasteiger partial charge on any atom is -0.399 e. The molecule has 0 aromatic heterocycles. The molecule has 19 heavy (non-hydrogen) atoms. The summed E-state index contributed by atoms with van der Waals surface area (Å²) in [5, 5.41) is 0. The van der Waals surface area contributed by atoms with Crippen LogP contribution in [0.2, 0.25) is 0 Å². The molecule has 0 radical (unpaired) electrons. The van der Waals surface area contributed by atoms with E-state index in [2.05, 4.69) is 4.90 Å². The minimum atomic E-state index is -3.42. The summed E-state index contributed by atoms with van der Waals surface area (Å²) in [5.74, 6) is 0. The average molecular weight is 283 g/mol. The maximum Gasteiger partial charge on any atom is 0.243 e. The summed E-state index contributed by atoms with van der Waals surface area (Å²) < 4.78 is 26.9. The Bertz CT molecular complexity index is 549. The molecule has 2 N–H and O–H groups in total. The summed E-state index contributed by atoms with van der Waals surface area (Å²) in [4.78, 5) is 2.49. The van der Waals surface area contributed by atoms with Crippen LogP contribution < -0.4 is 5.73 Å². The lowest BCUT2D eigenvalue weighted by Crippen LogP contribution is -2.47. The number of hydrogen-bond acceptors (Lipinski definition) is 4. The monoisotopic (exact) mass is 283 g/mol. The van der Waals surface area contributed by atoms with Crippen LogP contribution in [0.15, 0.2) is 23.1 Å². The van der Waals surface area contributed by atoms with E-state index in [1.54, 1.807) is 22.5 Å². The summed E-state index contributed by atoms with van der Waals surface area (Å²) in [5.41, 5.74) is 7.06. The molecule has 0 bridgehead atoms. The van der Waals surface area contributed by atoms with E-state index in [9.17, 15) is 8.42 Å². The van der Waals surface area contributed by atoms with Crippen molar-refractivity contribution < 1.29 is 8.42 Å². The minimum absolute atomic E-state index is 0.361. The van der Waals surface area contributed by atoms with Gasteiger partial charge in [0.05, 0.1) is 4.90 Å². The molecule has 0 aliphatic carbocycles. The predicted octanol–water partition coefficient (Wildman–Crippen LogP) is 0.767. The first-order chi connectivity index (χ1) is 8.95. The van der Waals surface area contributed by atoms with Crippen molar-refractivity contribution >= 4 is 15.7 Å². The van der Waals surface area contributed by atoms with Crippen LogP contribution in [0.25, 0.3) is 0 Å². The van der Waals surface area contributed by atoms with Gasteiger partial charge in [-0.05, 0) is 31.2 Å². The van der Waals surface area contributed by atoms with Gasteiger partial charge in [-0.25, -0.2) is 8.42 Å². The van der Waals surface area contributed by atoms with Gasteiger partial charge in [0.1, 0.15) is 0 Å². The van der Waals surface area contributed by atoms with E-state index in [-0.39, 0.29) is 0 Å². The zero-order chi connectivity index (χ0) is 14.0. The second kappa shape index (κ2) is 5.48. The molecule has 1 fully saturated rings. The fourth-order valence-corrected chi connectivity index (χ4v) is 4.02. The highest BCUT2D eigenvalue weighted by atomic mass is 32.2. The smallest absolute Gasteiger partial charge is 0.243 e. The maximum absolute atomic E-state index is 12.7. The summed E-state index contributed by atoms with van der Waals surface area (Å²) in [6.07, 6.45) is 0.683. The molecule has 5 nitrogen and oxygen atoms in total. The van der Waals surface area contributed by atoms with E-state index in [0.29, 0.717) is 30.1 Å². The Balaban J connectivity index is 2.36. The Hall–Kier alpha value is -1.11. The van der Waals surface area contributed by atoms with Crippen molar-refractivity contribution in [3.8, 4) is 0 Å². The molecule has 2 rings (SSSR count). The van der Waals surface area contributed by atoms with Crippen molar-refractivity contribution in [1.29, 1.82) is 0 Å². The van der Waals surface area contributed by atoms with Gasteiger partial charge in [0, 0.05) is 31.9 Å². The highest BCUT2D eigenvalue weighted by Crippen LogP contribution is 2.24. The fourth-order valence-electron chi connectivity index (χ4n) is 2.27. The van der Waals surface area contributed by atoms with Gasteiger partial charge in [-0.15, -0.1) is 0 Å². The third kappa shape index (κ3) is 2.91. The Morgan fingerprint density at radius 2 is 1.84 bits per heavy atom. The summed E-state index contributed by atoms with van der Waals surface area (Å²) in [7, 11) is -1.42. The lowest BCUT2D eigenvalue weighted by molar-refractivity contribution is 0.222. The standard InChI is InChI=1S/C13H21N3O2S/c1-3-11-4-5-12(14)10-13(11)19(17,18)16-8-6-15(2)7-9-16/h4-5,10H,3,6-9,14H2,1-2H3.